The molecule has 1 aliphatic heterocycles. The van der Waals surface area contributed by atoms with E-state index in [1.165, 1.54) is 28.7 Å². The van der Waals surface area contributed by atoms with Crippen molar-refractivity contribution in [3.05, 3.63) is 53.6 Å². The topological polar surface area (TPSA) is 85.7 Å². The number of fused-ring (bicyclic) bond motifs is 1. The molecule has 0 bridgehead atoms. The zero-order valence-electron chi connectivity index (χ0n) is 16.5. The van der Waals surface area contributed by atoms with Crippen LogP contribution >= 0.6 is 23.1 Å². The van der Waals surface area contributed by atoms with Crippen molar-refractivity contribution in [2.45, 2.75) is 30.4 Å². The van der Waals surface area contributed by atoms with Crippen molar-refractivity contribution in [3.63, 3.8) is 0 Å². The summed E-state index contributed by atoms with van der Waals surface area (Å²) in [6.45, 7) is 3.04. The van der Waals surface area contributed by atoms with Gasteiger partial charge in [-0.2, -0.15) is 0 Å². The number of ether oxygens (including phenoxy) is 3. The molecule has 158 valence electrons. The molecular formula is C21H23N3O4S2. The van der Waals surface area contributed by atoms with Crippen molar-refractivity contribution >= 4 is 33.9 Å². The Labute approximate surface area is 183 Å². The van der Waals surface area contributed by atoms with Crippen LogP contribution in [0.4, 0.5) is 10.8 Å². The molecule has 2 heterocycles. The van der Waals surface area contributed by atoms with Crippen LogP contribution in [0.5, 0.6) is 11.5 Å². The van der Waals surface area contributed by atoms with E-state index in [9.17, 15) is 5.11 Å². The van der Waals surface area contributed by atoms with E-state index in [0.29, 0.717) is 12.4 Å². The fourth-order valence-electron chi connectivity index (χ4n) is 2.83. The van der Waals surface area contributed by atoms with Gasteiger partial charge in [-0.15, -0.1) is 10.2 Å². The summed E-state index contributed by atoms with van der Waals surface area (Å²) in [6, 6.07) is 14.0. The number of thioether (sulfide) groups is 1. The van der Waals surface area contributed by atoms with Crippen molar-refractivity contribution in [1.82, 2.24) is 10.2 Å². The van der Waals surface area contributed by atoms with Gasteiger partial charge in [0.25, 0.3) is 0 Å². The highest BCUT2D eigenvalue weighted by molar-refractivity contribution is 8.01. The van der Waals surface area contributed by atoms with Crippen LogP contribution in [-0.2, 0) is 17.8 Å². The number of hydrogen-bond acceptors (Lipinski definition) is 9. The second-order valence-corrected chi connectivity index (χ2v) is 8.96. The number of anilines is 2. The van der Waals surface area contributed by atoms with Gasteiger partial charge < -0.3 is 24.6 Å². The number of aromatic nitrogens is 2. The van der Waals surface area contributed by atoms with Crippen molar-refractivity contribution in [2.24, 2.45) is 0 Å². The molecule has 0 saturated carbocycles. The lowest BCUT2D eigenvalue weighted by Gasteiger charge is -2.10. The van der Waals surface area contributed by atoms with Crippen molar-refractivity contribution in [1.29, 1.82) is 0 Å². The number of aryl methyl sites for hydroxylation is 1. The lowest BCUT2D eigenvalue weighted by atomic mass is 10.1. The molecule has 0 radical (unpaired) electrons. The Morgan fingerprint density at radius 3 is 2.77 bits per heavy atom. The lowest BCUT2D eigenvalue weighted by molar-refractivity contribution is 0.0397. The van der Waals surface area contributed by atoms with E-state index in [2.05, 4.69) is 34.6 Å². The molecule has 2 N–H and O–H groups in total. The van der Waals surface area contributed by atoms with Gasteiger partial charge in [0.15, 0.2) is 15.8 Å². The first-order valence-electron chi connectivity index (χ1n) is 9.66. The number of nitrogens with one attached hydrogen (secondary N) is 1. The number of aliphatic hydroxyl groups excluding tert-OH is 1. The summed E-state index contributed by atoms with van der Waals surface area (Å²) in [5, 5.41) is 22.5. The minimum absolute atomic E-state index is 0.245. The number of aliphatic hydroxyl groups is 1. The Bertz CT molecular complexity index is 965. The summed E-state index contributed by atoms with van der Waals surface area (Å²) >= 11 is 2.93. The van der Waals surface area contributed by atoms with Crippen LogP contribution in [0.25, 0.3) is 0 Å². The predicted molar refractivity (Wildman–Crippen MR) is 118 cm³/mol. The van der Waals surface area contributed by atoms with Crippen LogP contribution in [0.1, 0.15) is 18.1 Å². The molecule has 3 aromatic rings. The van der Waals surface area contributed by atoms with Crippen LogP contribution in [0.2, 0.25) is 0 Å². The smallest absolute Gasteiger partial charge is 0.231 e. The van der Waals surface area contributed by atoms with Gasteiger partial charge in [-0.05, 0) is 41.8 Å². The first-order valence-corrected chi connectivity index (χ1v) is 11.5. The molecule has 4 rings (SSSR count). The summed E-state index contributed by atoms with van der Waals surface area (Å²) in [7, 11) is 0. The average molecular weight is 446 g/mol. The maximum Gasteiger partial charge on any atom is 0.231 e. The summed E-state index contributed by atoms with van der Waals surface area (Å²) < 4.78 is 17.1. The molecule has 0 aliphatic carbocycles. The molecule has 0 amide bonds. The SMILES string of the molecule is CCc1ccc(Nc2nnc(SCC(O)COCc3ccc4c(c3)OCO4)s2)cc1. The van der Waals surface area contributed by atoms with Crippen molar-refractivity contribution in [2.75, 3.05) is 24.5 Å². The molecule has 1 aliphatic rings. The average Bonchev–Trinajstić information content (AvgIpc) is 3.42. The quantitative estimate of drug-likeness (QED) is 0.448. The zero-order chi connectivity index (χ0) is 20.8. The van der Waals surface area contributed by atoms with E-state index < -0.39 is 6.10 Å². The van der Waals surface area contributed by atoms with Crippen LogP contribution < -0.4 is 14.8 Å². The van der Waals surface area contributed by atoms with Gasteiger partial charge >= 0.3 is 0 Å². The second kappa shape index (κ2) is 10.1. The molecule has 9 heteroatoms. The van der Waals surface area contributed by atoms with E-state index in [1.807, 2.05) is 30.3 Å². The molecule has 1 atom stereocenters. The highest BCUT2D eigenvalue weighted by atomic mass is 32.2. The fraction of sp³-hybridized carbons (Fsp3) is 0.333. The third-order valence-corrected chi connectivity index (χ3v) is 6.55. The van der Waals surface area contributed by atoms with Crippen molar-refractivity contribution < 1.29 is 19.3 Å². The number of rotatable bonds is 10. The maximum atomic E-state index is 10.2. The van der Waals surface area contributed by atoms with E-state index >= 15 is 0 Å². The Balaban J connectivity index is 1.18. The predicted octanol–water partition coefficient (Wildman–Crippen LogP) is 4.24. The number of benzene rings is 2. The van der Waals surface area contributed by atoms with Crippen LogP contribution in [0, 0.1) is 0 Å². The normalized spacial score (nSPS) is 13.4. The van der Waals surface area contributed by atoms with Crippen LogP contribution in [0.3, 0.4) is 0 Å². The Hall–Kier alpha value is -2.33. The van der Waals surface area contributed by atoms with Gasteiger partial charge in [-0.1, -0.05) is 48.2 Å². The van der Waals surface area contributed by atoms with Crippen LogP contribution in [-0.4, -0.2) is 40.6 Å². The number of hydrogen-bond donors (Lipinski definition) is 2. The Morgan fingerprint density at radius 1 is 1.13 bits per heavy atom. The molecular weight excluding hydrogens is 422 g/mol. The summed E-state index contributed by atoms with van der Waals surface area (Å²) in [5.41, 5.74) is 3.26. The van der Waals surface area contributed by atoms with Crippen molar-refractivity contribution in [3.8, 4) is 11.5 Å². The molecule has 1 unspecified atom stereocenters. The minimum Gasteiger partial charge on any atom is -0.454 e. The summed E-state index contributed by atoms with van der Waals surface area (Å²) in [6.07, 6.45) is 0.425. The Kier molecular flexibility index (Phi) is 7.06. The molecule has 30 heavy (non-hydrogen) atoms. The second-order valence-electron chi connectivity index (χ2n) is 6.72. The van der Waals surface area contributed by atoms with Gasteiger partial charge in [0.2, 0.25) is 11.9 Å². The van der Waals surface area contributed by atoms with E-state index in [4.69, 9.17) is 14.2 Å². The highest BCUT2D eigenvalue weighted by Gasteiger charge is 2.14. The largest absolute Gasteiger partial charge is 0.454 e. The van der Waals surface area contributed by atoms with Gasteiger partial charge in [0.05, 0.1) is 19.3 Å². The summed E-state index contributed by atoms with van der Waals surface area (Å²) in [5.74, 6) is 1.97. The third-order valence-electron chi connectivity index (χ3n) is 4.44. The lowest BCUT2D eigenvalue weighted by Crippen LogP contribution is -2.17. The third kappa shape index (κ3) is 5.63. The monoisotopic (exact) mass is 445 g/mol. The molecule has 0 saturated heterocycles. The number of nitrogens with zero attached hydrogens (tertiary/aromatic N) is 2. The summed E-state index contributed by atoms with van der Waals surface area (Å²) in [4.78, 5) is 0. The fourth-order valence-corrected chi connectivity index (χ4v) is 4.53. The molecule has 0 spiro atoms. The van der Waals surface area contributed by atoms with Gasteiger partial charge in [-0.3, -0.25) is 0 Å². The molecule has 0 fully saturated rings. The van der Waals surface area contributed by atoms with Gasteiger partial charge in [0.1, 0.15) is 0 Å². The molecule has 7 nitrogen and oxygen atoms in total. The molecule has 2 aromatic carbocycles. The van der Waals surface area contributed by atoms with E-state index in [-0.39, 0.29) is 13.4 Å². The first kappa shape index (κ1) is 20.9. The Morgan fingerprint density at radius 2 is 1.93 bits per heavy atom. The van der Waals surface area contributed by atoms with Gasteiger partial charge in [0, 0.05) is 11.4 Å². The van der Waals surface area contributed by atoms with E-state index in [0.717, 1.165) is 38.6 Å². The molecule has 1 aromatic heterocycles. The standard InChI is InChI=1S/C21H23N3O4S2/c1-2-14-3-6-16(7-4-14)22-20-23-24-21(30-20)29-12-17(25)11-26-10-15-5-8-18-19(9-15)28-13-27-18/h3-9,17,25H,2,10-13H2,1H3,(H,22,23). The maximum absolute atomic E-state index is 10.2. The zero-order valence-corrected chi connectivity index (χ0v) is 18.2. The van der Waals surface area contributed by atoms with E-state index in [1.54, 1.807) is 0 Å². The highest BCUT2D eigenvalue weighted by Crippen LogP contribution is 2.32. The first-order chi connectivity index (χ1) is 14.7. The van der Waals surface area contributed by atoms with Gasteiger partial charge in [-0.25, -0.2) is 0 Å². The van der Waals surface area contributed by atoms with Crippen LogP contribution in [0.15, 0.2) is 46.8 Å². The minimum atomic E-state index is -0.592.